The Morgan fingerprint density at radius 3 is 2.92 bits per heavy atom. The van der Waals surface area contributed by atoms with Gasteiger partial charge in [-0.05, 0) is 15.9 Å². The van der Waals surface area contributed by atoms with Gasteiger partial charge < -0.3 is 14.9 Å². The molecule has 66 valence electrons. The van der Waals surface area contributed by atoms with E-state index in [1.54, 1.807) is 0 Å². The Hall–Kier alpha value is -1.04. The van der Waals surface area contributed by atoms with Gasteiger partial charge in [-0.3, -0.25) is 4.79 Å². The number of halogens is 1. The maximum absolute atomic E-state index is 10.8. The minimum Gasteiger partial charge on any atom is -0.469 e. The maximum atomic E-state index is 10.8. The van der Waals surface area contributed by atoms with Crippen molar-refractivity contribution in [1.82, 2.24) is 4.98 Å². The number of rotatable bonds is 2. The van der Waals surface area contributed by atoms with E-state index in [0.717, 1.165) is 0 Å². The summed E-state index contributed by atoms with van der Waals surface area (Å²) in [5, 5.41) is 0. The van der Waals surface area contributed by atoms with Crippen molar-refractivity contribution in [3.63, 3.8) is 0 Å². The van der Waals surface area contributed by atoms with E-state index in [1.165, 1.54) is 7.11 Å². The number of carbonyl (C=O) groups excluding carboxylic acids is 1. The van der Waals surface area contributed by atoms with Gasteiger partial charge in [0.25, 0.3) is 6.01 Å². The van der Waals surface area contributed by atoms with Gasteiger partial charge in [-0.25, -0.2) is 0 Å². The van der Waals surface area contributed by atoms with Crippen LogP contribution in [0.25, 0.3) is 0 Å². The Kier molecular flexibility index (Phi) is 2.69. The fraction of sp³-hybridized carbons (Fsp3) is 0.333. The molecule has 1 heterocycles. The van der Waals surface area contributed by atoms with Gasteiger partial charge in [0.05, 0.1) is 13.5 Å². The minimum absolute atomic E-state index is 0.0285. The second-order valence-corrected chi connectivity index (χ2v) is 2.75. The number of methoxy groups -OCH3 is 1. The topological polar surface area (TPSA) is 78.3 Å². The molecule has 6 heteroatoms. The standard InChI is InChI=1S/C6H7BrN2O3/c1-11-4(10)2-3-5(7)12-6(8)9-3/h2H2,1H3,(H2,8,9). The second-order valence-electron chi connectivity index (χ2n) is 2.03. The van der Waals surface area contributed by atoms with Gasteiger partial charge in [0, 0.05) is 0 Å². The van der Waals surface area contributed by atoms with E-state index in [-0.39, 0.29) is 18.4 Å². The van der Waals surface area contributed by atoms with Crippen LogP contribution < -0.4 is 5.73 Å². The van der Waals surface area contributed by atoms with Crippen molar-refractivity contribution in [3.05, 3.63) is 10.4 Å². The summed E-state index contributed by atoms with van der Waals surface area (Å²) in [5.41, 5.74) is 5.68. The first-order valence-electron chi connectivity index (χ1n) is 3.11. The number of ether oxygens (including phenoxy) is 1. The van der Waals surface area contributed by atoms with Crippen molar-refractivity contribution in [2.45, 2.75) is 6.42 Å². The largest absolute Gasteiger partial charge is 0.469 e. The molecule has 0 radical (unpaired) electrons. The highest BCUT2D eigenvalue weighted by atomic mass is 79.9. The zero-order valence-corrected chi connectivity index (χ0v) is 7.92. The molecule has 0 aliphatic rings. The number of nitrogen functional groups attached to an aromatic ring is 1. The van der Waals surface area contributed by atoms with Crippen LogP contribution in [0.15, 0.2) is 9.09 Å². The minimum atomic E-state index is -0.385. The van der Waals surface area contributed by atoms with Crippen molar-refractivity contribution >= 4 is 27.9 Å². The first-order valence-corrected chi connectivity index (χ1v) is 3.90. The lowest BCUT2D eigenvalue weighted by Crippen LogP contribution is -2.05. The number of nitrogens with two attached hydrogens (primary N) is 1. The van der Waals surface area contributed by atoms with E-state index in [1.807, 2.05) is 0 Å². The Labute approximate surface area is 77.0 Å². The number of hydrogen-bond acceptors (Lipinski definition) is 5. The Balaban J connectivity index is 2.75. The van der Waals surface area contributed by atoms with Crippen molar-refractivity contribution in [1.29, 1.82) is 0 Å². The summed E-state index contributed by atoms with van der Waals surface area (Å²) in [7, 11) is 1.31. The fourth-order valence-electron chi connectivity index (χ4n) is 0.668. The summed E-state index contributed by atoms with van der Waals surface area (Å²) < 4.78 is 9.64. The van der Waals surface area contributed by atoms with E-state index in [9.17, 15) is 4.79 Å². The number of nitrogens with zero attached hydrogens (tertiary/aromatic N) is 1. The smallest absolute Gasteiger partial charge is 0.311 e. The SMILES string of the molecule is COC(=O)Cc1nc(N)oc1Br. The predicted molar refractivity (Wildman–Crippen MR) is 44.3 cm³/mol. The molecule has 0 amide bonds. The molecule has 0 bridgehead atoms. The predicted octanol–water partition coefficient (Wildman–Crippen LogP) is 0.735. The van der Waals surface area contributed by atoms with Gasteiger partial charge in [0.15, 0.2) is 4.67 Å². The van der Waals surface area contributed by atoms with E-state index >= 15 is 0 Å². The lowest BCUT2D eigenvalue weighted by Gasteiger charge is -1.93. The van der Waals surface area contributed by atoms with E-state index < -0.39 is 0 Å². The summed E-state index contributed by atoms with van der Waals surface area (Å²) in [6.45, 7) is 0. The third kappa shape index (κ3) is 1.97. The Morgan fingerprint density at radius 2 is 2.50 bits per heavy atom. The molecule has 0 aliphatic heterocycles. The van der Waals surface area contributed by atoms with E-state index in [4.69, 9.17) is 10.2 Å². The van der Waals surface area contributed by atoms with E-state index in [2.05, 4.69) is 25.7 Å². The van der Waals surface area contributed by atoms with Crippen LogP contribution in [0.3, 0.4) is 0 Å². The monoisotopic (exact) mass is 234 g/mol. The van der Waals surface area contributed by atoms with Crippen molar-refractivity contribution < 1.29 is 13.9 Å². The first-order chi connectivity index (χ1) is 5.63. The van der Waals surface area contributed by atoms with Gasteiger partial charge in [0.2, 0.25) is 0 Å². The number of carbonyl (C=O) groups is 1. The average Bonchev–Trinajstić information content (AvgIpc) is 2.30. The van der Waals surface area contributed by atoms with Gasteiger partial charge in [-0.2, -0.15) is 4.98 Å². The van der Waals surface area contributed by atoms with Gasteiger partial charge in [-0.15, -0.1) is 0 Å². The number of anilines is 1. The van der Waals surface area contributed by atoms with Gasteiger partial charge in [0.1, 0.15) is 5.69 Å². The Morgan fingerprint density at radius 1 is 1.83 bits per heavy atom. The third-order valence-corrected chi connectivity index (χ3v) is 1.83. The third-order valence-electron chi connectivity index (χ3n) is 1.21. The molecule has 1 rings (SSSR count). The van der Waals surface area contributed by atoms with Crippen LogP contribution in [0.2, 0.25) is 0 Å². The molecule has 1 aromatic heterocycles. The summed E-state index contributed by atoms with van der Waals surface area (Å²) in [6.07, 6.45) is 0.0534. The molecule has 0 aliphatic carbocycles. The lowest BCUT2D eigenvalue weighted by atomic mass is 10.3. The molecule has 5 nitrogen and oxygen atoms in total. The molecular formula is C6H7BrN2O3. The highest BCUT2D eigenvalue weighted by molar-refractivity contribution is 9.10. The van der Waals surface area contributed by atoms with Crippen molar-refractivity contribution in [3.8, 4) is 0 Å². The van der Waals surface area contributed by atoms with Crippen LogP contribution in [-0.2, 0) is 16.0 Å². The van der Waals surface area contributed by atoms with Crippen LogP contribution in [0.4, 0.5) is 6.01 Å². The fourth-order valence-corrected chi connectivity index (χ4v) is 1.06. The van der Waals surface area contributed by atoms with Crippen molar-refractivity contribution in [2.75, 3.05) is 12.8 Å². The number of hydrogen-bond donors (Lipinski definition) is 1. The van der Waals surface area contributed by atoms with Crippen LogP contribution in [0.1, 0.15) is 5.69 Å². The molecular weight excluding hydrogens is 228 g/mol. The molecule has 0 aromatic carbocycles. The second kappa shape index (κ2) is 3.57. The average molecular weight is 235 g/mol. The molecule has 0 saturated heterocycles. The summed E-state index contributed by atoms with van der Waals surface area (Å²) in [6, 6.07) is 0.0285. The molecule has 12 heavy (non-hydrogen) atoms. The molecule has 0 atom stereocenters. The maximum Gasteiger partial charge on any atom is 0.311 e. The number of oxazole rings is 1. The van der Waals surface area contributed by atoms with Crippen LogP contribution in [0, 0.1) is 0 Å². The van der Waals surface area contributed by atoms with Crippen LogP contribution in [0.5, 0.6) is 0 Å². The molecule has 0 fully saturated rings. The van der Waals surface area contributed by atoms with Crippen LogP contribution in [-0.4, -0.2) is 18.1 Å². The van der Waals surface area contributed by atoms with Gasteiger partial charge in [-0.1, -0.05) is 0 Å². The normalized spacial score (nSPS) is 9.83. The molecule has 0 spiro atoms. The van der Waals surface area contributed by atoms with Crippen molar-refractivity contribution in [2.24, 2.45) is 0 Å². The zero-order chi connectivity index (χ0) is 9.14. The molecule has 0 unspecified atom stereocenters. The summed E-state index contributed by atoms with van der Waals surface area (Å²) >= 11 is 3.06. The lowest BCUT2D eigenvalue weighted by molar-refractivity contribution is -0.139. The molecule has 0 saturated carbocycles. The Bertz CT molecular complexity index is 297. The number of aromatic nitrogens is 1. The molecule has 2 N–H and O–H groups in total. The van der Waals surface area contributed by atoms with Gasteiger partial charge >= 0.3 is 5.97 Å². The van der Waals surface area contributed by atoms with E-state index in [0.29, 0.717) is 10.4 Å². The first kappa shape index (κ1) is 9.05. The number of esters is 1. The van der Waals surface area contributed by atoms with Crippen LogP contribution >= 0.6 is 15.9 Å². The molecule has 1 aromatic rings. The highest BCUT2D eigenvalue weighted by Gasteiger charge is 2.12. The quantitative estimate of drug-likeness (QED) is 0.764. The zero-order valence-electron chi connectivity index (χ0n) is 6.33. The summed E-state index contributed by atoms with van der Waals surface area (Å²) in [5.74, 6) is -0.385. The summed E-state index contributed by atoms with van der Waals surface area (Å²) in [4.78, 5) is 14.5. The highest BCUT2D eigenvalue weighted by Crippen LogP contribution is 2.19.